The summed E-state index contributed by atoms with van der Waals surface area (Å²) >= 11 is 1.30. The zero-order valence-corrected chi connectivity index (χ0v) is 17.8. The maximum atomic E-state index is 11.9. The van der Waals surface area contributed by atoms with E-state index in [0.29, 0.717) is 22.5 Å². The topological polar surface area (TPSA) is 75.5 Å². The van der Waals surface area contributed by atoms with E-state index in [9.17, 15) is 4.79 Å². The van der Waals surface area contributed by atoms with Crippen molar-refractivity contribution in [3.05, 3.63) is 48.0 Å². The molecular weight excluding hydrogens is 390 g/mol. The Morgan fingerprint density at radius 2 is 1.76 bits per heavy atom. The number of thioether (sulfide) groups is 1. The van der Waals surface area contributed by atoms with Crippen LogP contribution in [0.15, 0.2) is 47.6 Å². The highest BCUT2D eigenvalue weighted by Crippen LogP contribution is 2.35. The number of rotatable bonds is 7. The van der Waals surface area contributed by atoms with Gasteiger partial charge in [0.1, 0.15) is 5.25 Å². The fourth-order valence-corrected chi connectivity index (χ4v) is 3.80. The van der Waals surface area contributed by atoms with Crippen LogP contribution in [0.5, 0.6) is 11.5 Å². The van der Waals surface area contributed by atoms with Gasteiger partial charge in [0.15, 0.2) is 22.5 Å². The zero-order valence-electron chi connectivity index (χ0n) is 17.0. The van der Waals surface area contributed by atoms with Crippen molar-refractivity contribution in [2.24, 2.45) is 0 Å². The molecule has 0 N–H and O–H groups in total. The number of aryl methyl sites for hydroxylation is 1. The van der Waals surface area contributed by atoms with Gasteiger partial charge in [0.25, 0.3) is 0 Å². The highest BCUT2D eigenvalue weighted by Gasteiger charge is 2.23. The van der Waals surface area contributed by atoms with E-state index in [2.05, 4.69) is 10.2 Å². The van der Waals surface area contributed by atoms with Crippen LogP contribution in [0.4, 0.5) is 0 Å². The van der Waals surface area contributed by atoms with Crippen LogP contribution in [-0.2, 0) is 9.53 Å². The molecule has 0 aliphatic rings. The smallest absolute Gasteiger partial charge is 0.318 e. The second kappa shape index (κ2) is 9.00. The third kappa shape index (κ3) is 4.22. The van der Waals surface area contributed by atoms with Crippen molar-refractivity contribution in [2.75, 3.05) is 21.3 Å². The lowest BCUT2D eigenvalue weighted by Gasteiger charge is -2.15. The molecule has 0 saturated heterocycles. The lowest BCUT2D eigenvalue weighted by molar-refractivity contribution is -0.139. The van der Waals surface area contributed by atoms with Crippen LogP contribution < -0.4 is 9.47 Å². The Bertz CT molecular complexity index is 1020. The number of benzene rings is 2. The van der Waals surface area contributed by atoms with Gasteiger partial charge >= 0.3 is 5.97 Å². The van der Waals surface area contributed by atoms with Crippen LogP contribution in [0.25, 0.3) is 17.1 Å². The van der Waals surface area contributed by atoms with E-state index in [0.717, 1.165) is 16.8 Å². The van der Waals surface area contributed by atoms with Crippen molar-refractivity contribution in [3.63, 3.8) is 0 Å². The molecule has 1 heterocycles. The molecule has 1 atom stereocenters. The van der Waals surface area contributed by atoms with Gasteiger partial charge in [0, 0.05) is 5.56 Å². The number of ether oxygens (including phenoxy) is 3. The van der Waals surface area contributed by atoms with Gasteiger partial charge in [-0.05, 0) is 43.7 Å². The van der Waals surface area contributed by atoms with E-state index in [-0.39, 0.29) is 5.97 Å². The van der Waals surface area contributed by atoms with E-state index in [1.165, 1.54) is 18.9 Å². The summed E-state index contributed by atoms with van der Waals surface area (Å²) in [6, 6.07) is 13.5. The normalized spacial score (nSPS) is 11.8. The molecule has 0 aliphatic carbocycles. The first-order valence-electron chi connectivity index (χ1n) is 8.98. The van der Waals surface area contributed by atoms with Crippen LogP contribution in [0, 0.1) is 6.92 Å². The molecule has 0 saturated carbocycles. The molecule has 0 amide bonds. The Morgan fingerprint density at radius 3 is 2.41 bits per heavy atom. The van der Waals surface area contributed by atoms with Crippen LogP contribution in [-0.4, -0.2) is 47.3 Å². The van der Waals surface area contributed by atoms with Crippen LogP contribution in [0.3, 0.4) is 0 Å². The number of aromatic nitrogens is 3. The fourth-order valence-electron chi connectivity index (χ4n) is 2.91. The molecule has 3 rings (SSSR count). The maximum Gasteiger partial charge on any atom is 0.318 e. The number of para-hydroxylation sites is 1. The summed E-state index contributed by atoms with van der Waals surface area (Å²) in [6.45, 7) is 3.80. The number of carbonyl (C=O) groups excluding carboxylic acids is 1. The summed E-state index contributed by atoms with van der Waals surface area (Å²) in [5.41, 5.74) is 2.81. The predicted molar refractivity (Wildman–Crippen MR) is 112 cm³/mol. The van der Waals surface area contributed by atoms with E-state index < -0.39 is 5.25 Å². The Hall–Kier alpha value is -3.00. The second-order valence-corrected chi connectivity index (χ2v) is 7.59. The highest BCUT2D eigenvalue weighted by molar-refractivity contribution is 8.00. The molecule has 0 bridgehead atoms. The molecule has 152 valence electrons. The third-order valence-electron chi connectivity index (χ3n) is 4.45. The average molecular weight is 413 g/mol. The Kier molecular flexibility index (Phi) is 6.43. The van der Waals surface area contributed by atoms with Crippen molar-refractivity contribution < 1.29 is 19.0 Å². The number of methoxy groups -OCH3 is 3. The van der Waals surface area contributed by atoms with E-state index in [1.807, 2.05) is 54.0 Å². The van der Waals surface area contributed by atoms with Crippen LogP contribution >= 0.6 is 11.8 Å². The molecule has 1 aromatic heterocycles. The first-order valence-corrected chi connectivity index (χ1v) is 9.86. The van der Waals surface area contributed by atoms with Gasteiger partial charge in [-0.2, -0.15) is 0 Å². The number of carbonyl (C=O) groups is 1. The SMILES string of the molecule is COC(=O)[C@H](C)Sc1nnc(-c2ccc(OC)c(OC)c2)n1-c1ccccc1C. The maximum absolute atomic E-state index is 11.9. The summed E-state index contributed by atoms with van der Waals surface area (Å²) in [7, 11) is 4.56. The molecule has 7 nitrogen and oxygen atoms in total. The standard InChI is InChI=1S/C21H23N3O4S/c1-13-8-6-7-9-16(13)24-19(15-10-11-17(26-3)18(12-15)27-4)22-23-21(24)29-14(2)20(25)28-5/h6-12,14H,1-5H3/t14-/m0/s1. The zero-order chi connectivity index (χ0) is 21.0. The van der Waals surface area contributed by atoms with Gasteiger partial charge in [-0.1, -0.05) is 30.0 Å². The van der Waals surface area contributed by atoms with Crippen molar-refractivity contribution in [2.45, 2.75) is 24.3 Å². The van der Waals surface area contributed by atoms with Crippen molar-refractivity contribution >= 4 is 17.7 Å². The summed E-state index contributed by atoms with van der Waals surface area (Å²) in [5.74, 6) is 1.55. The minimum Gasteiger partial charge on any atom is -0.493 e. The van der Waals surface area contributed by atoms with Gasteiger partial charge in [-0.25, -0.2) is 0 Å². The summed E-state index contributed by atoms with van der Waals surface area (Å²) in [4.78, 5) is 11.9. The first kappa shape index (κ1) is 20.7. The van der Waals surface area contributed by atoms with Crippen molar-refractivity contribution in [1.82, 2.24) is 14.8 Å². The van der Waals surface area contributed by atoms with E-state index >= 15 is 0 Å². The van der Waals surface area contributed by atoms with Gasteiger partial charge in [-0.3, -0.25) is 9.36 Å². The second-order valence-electron chi connectivity index (χ2n) is 6.28. The Morgan fingerprint density at radius 1 is 1.03 bits per heavy atom. The molecule has 3 aromatic rings. The monoisotopic (exact) mass is 413 g/mol. The number of hydrogen-bond donors (Lipinski definition) is 0. The van der Waals surface area contributed by atoms with Crippen LogP contribution in [0.1, 0.15) is 12.5 Å². The van der Waals surface area contributed by atoms with Crippen molar-refractivity contribution in [3.8, 4) is 28.6 Å². The Balaban J connectivity index is 2.16. The number of esters is 1. The molecule has 0 spiro atoms. The fraction of sp³-hybridized carbons (Fsp3) is 0.286. The molecule has 0 unspecified atom stereocenters. The summed E-state index contributed by atoms with van der Waals surface area (Å²) in [5, 5.41) is 8.95. The van der Waals surface area contributed by atoms with Gasteiger partial charge in [0.2, 0.25) is 0 Å². The minimum absolute atomic E-state index is 0.318. The molecule has 0 aliphatic heterocycles. The van der Waals surface area contributed by atoms with E-state index in [4.69, 9.17) is 14.2 Å². The number of hydrogen-bond acceptors (Lipinski definition) is 7. The largest absolute Gasteiger partial charge is 0.493 e. The Labute approximate surface area is 174 Å². The quantitative estimate of drug-likeness (QED) is 0.429. The van der Waals surface area contributed by atoms with Crippen LogP contribution in [0.2, 0.25) is 0 Å². The molecule has 0 fully saturated rings. The number of nitrogens with zero attached hydrogens (tertiary/aromatic N) is 3. The van der Waals surface area contributed by atoms with Crippen molar-refractivity contribution in [1.29, 1.82) is 0 Å². The predicted octanol–water partition coefficient (Wildman–Crippen LogP) is 3.91. The molecule has 0 radical (unpaired) electrons. The summed E-state index contributed by atoms with van der Waals surface area (Å²) < 4.78 is 17.6. The average Bonchev–Trinajstić information content (AvgIpc) is 3.15. The lowest BCUT2D eigenvalue weighted by atomic mass is 10.1. The van der Waals surface area contributed by atoms with Gasteiger partial charge in [-0.15, -0.1) is 10.2 Å². The molecule has 29 heavy (non-hydrogen) atoms. The van der Waals surface area contributed by atoms with Gasteiger partial charge < -0.3 is 14.2 Å². The lowest BCUT2D eigenvalue weighted by Crippen LogP contribution is -2.15. The molecule has 2 aromatic carbocycles. The van der Waals surface area contributed by atoms with Gasteiger partial charge in [0.05, 0.1) is 27.0 Å². The van der Waals surface area contributed by atoms with E-state index in [1.54, 1.807) is 21.1 Å². The third-order valence-corrected chi connectivity index (χ3v) is 5.47. The first-order chi connectivity index (χ1) is 14.0. The molecular formula is C21H23N3O4S. The summed E-state index contributed by atoms with van der Waals surface area (Å²) in [6.07, 6.45) is 0. The minimum atomic E-state index is -0.426. The molecule has 8 heteroatoms. The highest BCUT2D eigenvalue weighted by atomic mass is 32.2.